The van der Waals surface area contributed by atoms with Crippen LogP contribution >= 0.6 is 0 Å². The second kappa shape index (κ2) is 7.63. The van der Waals surface area contributed by atoms with Crippen LogP contribution in [-0.4, -0.2) is 31.8 Å². The van der Waals surface area contributed by atoms with E-state index in [1.54, 1.807) is 31.3 Å². The first kappa shape index (κ1) is 17.4. The monoisotopic (exact) mass is 342 g/mol. The summed E-state index contributed by atoms with van der Waals surface area (Å²) >= 11 is 0. The number of methoxy groups -OCH3 is 2. The molecule has 0 N–H and O–H groups in total. The largest absolute Gasteiger partial charge is 0.420 e. The van der Waals surface area contributed by atoms with Crippen molar-refractivity contribution in [3.05, 3.63) is 53.2 Å². The molecule has 1 aromatic carbocycles. The standard InChI is InChI=1S/C19H22N2O4/c1-13-12-16(18(23-2)24-3)20-17-15(13)10-7-11-21(17)19(22)25-14-8-5-4-6-9-14/h4-6,8-9,12,18H,7,10-11H2,1-3H3. The van der Waals surface area contributed by atoms with Crippen LogP contribution in [-0.2, 0) is 15.9 Å². The normalized spacial score (nSPS) is 13.7. The Bertz CT molecular complexity index is 745. The summed E-state index contributed by atoms with van der Waals surface area (Å²) in [6, 6.07) is 11.0. The molecule has 1 aromatic heterocycles. The molecule has 25 heavy (non-hydrogen) atoms. The Morgan fingerprint density at radius 2 is 1.92 bits per heavy atom. The van der Waals surface area contributed by atoms with Crippen LogP contribution in [0.5, 0.6) is 5.75 Å². The highest BCUT2D eigenvalue weighted by Gasteiger charge is 2.28. The van der Waals surface area contributed by atoms with E-state index in [-0.39, 0.29) is 0 Å². The van der Waals surface area contributed by atoms with Crippen molar-refractivity contribution < 1.29 is 19.0 Å². The van der Waals surface area contributed by atoms with Gasteiger partial charge >= 0.3 is 6.09 Å². The van der Waals surface area contributed by atoms with Gasteiger partial charge in [-0.1, -0.05) is 18.2 Å². The lowest BCUT2D eigenvalue weighted by atomic mass is 10.00. The van der Waals surface area contributed by atoms with Crippen LogP contribution in [0.3, 0.4) is 0 Å². The molecule has 0 radical (unpaired) electrons. The van der Waals surface area contributed by atoms with E-state index < -0.39 is 12.4 Å². The van der Waals surface area contributed by atoms with Gasteiger partial charge in [0.1, 0.15) is 11.6 Å². The number of ether oxygens (including phenoxy) is 3. The molecule has 0 spiro atoms. The molecule has 0 bridgehead atoms. The number of hydrogen-bond donors (Lipinski definition) is 0. The van der Waals surface area contributed by atoms with E-state index in [2.05, 4.69) is 4.98 Å². The number of anilines is 1. The highest BCUT2D eigenvalue weighted by Crippen LogP contribution is 2.31. The third-order valence-corrected chi connectivity index (χ3v) is 4.25. The van der Waals surface area contributed by atoms with Gasteiger partial charge in [0.15, 0.2) is 0 Å². The predicted molar refractivity (Wildman–Crippen MR) is 93.9 cm³/mol. The lowest BCUT2D eigenvalue weighted by Crippen LogP contribution is -2.39. The maximum absolute atomic E-state index is 12.7. The fraction of sp³-hybridized carbons (Fsp3) is 0.368. The summed E-state index contributed by atoms with van der Waals surface area (Å²) in [4.78, 5) is 18.9. The minimum atomic E-state index is -0.571. The average Bonchev–Trinajstić information content (AvgIpc) is 2.63. The minimum Gasteiger partial charge on any atom is -0.410 e. The van der Waals surface area contributed by atoms with Crippen molar-refractivity contribution in [2.24, 2.45) is 0 Å². The minimum absolute atomic E-state index is 0.428. The predicted octanol–water partition coefficient (Wildman–Crippen LogP) is 3.63. The number of pyridine rings is 1. The molecule has 0 saturated carbocycles. The van der Waals surface area contributed by atoms with Crippen LogP contribution in [0, 0.1) is 6.92 Å². The Morgan fingerprint density at radius 3 is 2.60 bits per heavy atom. The Balaban J connectivity index is 1.93. The number of para-hydroxylation sites is 1. The SMILES string of the molecule is COC(OC)c1cc(C)c2c(n1)N(C(=O)Oc1ccccc1)CCC2. The molecule has 1 amide bonds. The second-order valence-corrected chi connectivity index (χ2v) is 5.91. The molecule has 0 unspecified atom stereocenters. The average molecular weight is 342 g/mol. The molecule has 6 nitrogen and oxygen atoms in total. The van der Waals surface area contributed by atoms with Crippen LogP contribution in [0.2, 0.25) is 0 Å². The molecule has 2 aromatic rings. The first-order chi connectivity index (χ1) is 12.1. The van der Waals surface area contributed by atoms with E-state index in [1.165, 1.54) is 0 Å². The molecule has 2 heterocycles. The summed E-state index contributed by atoms with van der Waals surface area (Å²) in [5, 5.41) is 0. The number of benzene rings is 1. The second-order valence-electron chi connectivity index (χ2n) is 5.91. The number of aromatic nitrogens is 1. The summed E-state index contributed by atoms with van der Waals surface area (Å²) in [6.07, 6.45) is 0.755. The van der Waals surface area contributed by atoms with Crippen LogP contribution in [0.1, 0.15) is 29.5 Å². The van der Waals surface area contributed by atoms with Crippen molar-refractivity contribution in [1.82, 2.24) is 4.98 Å². The van der Waals surface area contributed by atoms with Crippen molar-refractivity contribution in [1.29, 1.82) is 0 Å². The van der Waals surface area contributed by atoms with Gasteiger partial charge < -0.3 is 14.2 Å². The van der Waals surface area contributed by atoms with Crippen LogP contribution in [0.4, 0.5) is 10.6 Å². The number of carbonyl (C=O) groups is 1. The fourth-order valence-electron chi connectivity index (χ4n) is 3.04. The summed E-state index contributed by atoms with van der Waals surface area (Å²) in [5.74, 6) is 1.14. The molecule has 0 atom stereocenters. The van der Waals surface area contributed by atoms with Gasteiger partial charge in [-0.2, -0.15) is 0 Å². The van der Waals surface area contributed by atoms with E-state index in [0.29, 0.717) is 23.8 Å². The number of aryl methyl sites for hydroxylation is 1. The van der Waals surface area contributed by atoms with Gasteiger partial charge in [-0.15, -0.1) is 0 Å². The van der Waals surface area contributed by atoms with Gasteiger partial charge in [-0.05, 0) is 49.1 Å². The molecule has 0 saturated heterocycles. The lowest BCUT2D eigenvalue weighted by Gasteiger charge is -2.29. The molecule has 1 aliphatic rings. The Morgan fingerprint density at radius 1 is 1.20 bits per heavy atom. The zero-order valence-electron chi connectivity index (χ0n) is 14.7. The van der Waals surface area contributed by atoms with Gasteiger partial charge in [-0.25, -0.2) is 9.78 Å². The number of nitrogens with zero attached hydrogens (tertiary/aromatic N) is 2. The number of fused-ring (bicyclic) bond motifs is 1. The van der Waals surface area contributed by atoms with Crippen LogP contribution < -0.4 is 9.64 Å². The van der Waals surface area contributed by atoms with Crippen molar-refractivity contribution in [3.8, 4) is 5.75 Å². The summed E-state index contributed by atoms with van der Waals surface area (Å²) in [5.41, 5.74) is 2.77. The van der Waals surface area contributed by atoms with Crippen LogP contribution in [0.15, 0.2) is 36.4 Å². The Kier molecular flexibility index (Phi) is 5.31. The number of rotatable bonds is 4. The number of hydrogen-bond acceptors (Lipinski definition) is 5. The van der Waals surface area contributed by atoms with E-state index >= 15 is 0 Å². The van der Waals surface area contributed by atoms with E-state index in [9.17, 15) is 4.79 Å². The molecule has 6 heteroatoms. The maximum Gasteiger partial charge on any atom is 0.420 e. The third kappa shape index (κ3) is 3.65. The summed E-state index contributed by atoms with van der Waals surface area (Å²) in [6.45, 7) is 2.58. The Hall–Kier alpha value is -2.44. The first-order valence-electron chi connectivity index (χ1n) is 8.24. The van der Waals surface area contributed by atoms with Crippen molar-refractivity contribution in [2.45, 2.75) is 26.1 Å². The van der Waals surface area contributed by atoms with E-state index in [0.717, 1.165) is 24.0 Å². The Labute approximate surface area is 147 Å². The number of amides is 1. The van der Waals surface area contributed by atoms with Gasteiger partial charge in [0.05, 0.1) is 5.69 Å². The fourth-order valence-corrected chi connectivity index (χ4v) is 3.04. The van der Waals surface area contributed by atoms with Gasteiger partial charge in [0.2, 0.25) is 6.29 Å². The molecule has 0 fully saturated rings. The molecular formula is C19H22N2O4. The van der Waals surface area contributed by atoms with Crippen molar-refractivity contribution in [2.75, 3.05) is 25.7 Å². The van der Waals surface area contributed by atoms with E-state index in [1.807, 2.05) is 31.2 Å². The maximum atomic E-state index is 12.7. The molecule has 1 aliphatic heterocycles. The lowest BCUT2D eigenvalue weighted by molar-refractivity contribution is -0.108. The first-order valence-corrected chi connectivity index (χ1v) is 8.24. The number of carbonyl (C=O) groups excluding carboxylic acids is 1. The zero-order chi connectivity index (χ0) is 17.8. The van der Waals surface area contributed by atoms with Crippen molar-refractivity contribution in [3.63, 3.8) is 0 Å². The zero-order valence-corrected chi connectivity index (χ0v) is 14.7. The highest BCUT2D eigenvalue weighted by atomic mass is 16.7. The quantitative estimate of drug-likeness (QED) is 0.794. The summed E-state index contributed by atoms with van der Waals surface area (Å²) in [7, 11) is 3.12. The van der Waals surface area contributed by atoms with Crippen LogP contribution in [0.25, 0.3) is 0 Å². The van der Waals surface area contributed by atoms with Gasteiger partial charge in [0.25, 0.3) is 0 Å². The summed E-state index contributed by atoms with van der Waals surface area (Å²) < 4.78 is 16.1. The highest BCUT2D eigenvalue weighted by molar-refractivity contribution is 5.89. The molecule has 132 valence electrons. The van der Waals surface area contributed by atoms with Crippen molar-refractivity contribution >= 4 is 11.9 Å². The van der Waals surface area contributed by atoms with Gasteiger partial charge in [0, 0.05) is 20.8 Å². The molecule has 3 rings (SSSR count). The third-order valence-electron chi connectivity index (χ3n) is 4.25. The smallest absolute Gasteiger partial charge is 0.410 e. The van der Waals surface area contributed by atoms with Gasteiger partial charge in [-0.3, -0.25) is 4.90 Å². The van der Waals surface area contributed by atoms with E-state index in [4.69, 9.17) is 14.2 Å². The molecular weight excluding hydrogens is 320 g/mol. The topological polar surface area (TPSA) is 60.9 Å². The molecule has 0 aliphatic carbocycles.